The van der Waals surface area contributed by atoms with E-state index in [4.69, 9.17) is 9.51 Å². The molecule has 1 aliphatic carbocycles. The van der Waals surface area contributed by atoms with Crippen molar-refractivity contribution < 1.29 is 9.32 Å². The molecule has 0 N–H and O–H groups in total. The molecule has 0 spiro atoms. The molecule has 5 rings (SSSR count). The van der Waals surface area contributed by atoms with Crippen LogP contribution in [0.25, 0.3) is 11.5 Å². The van der Waals surface area contributed by atoms with Crippen LogP contribution in [-0.4, -0.2) is 44.0 Å². The van der Waals surface area contributed by atoms with Gasteiger partial charge in [-0.2, -0.15) is 4.98 Å². The van der Waals surface area contributed by atoms with Gasteiger partial charge in [0.2, 0.25) is 0 Å². The number of aryl methyl sites for hydroxylation is 1. The lowest BCUT2D eigenvalue weighted by Crippen LogP contribution is -2.46. The molecule has 2 aliphatic rings. The molecule has 30 heavy (non-hydrogen) atoms. The monoisotopic (exact) mass is 403 g/mol. The molecule has 0 radical (unpaired) electrons. The Balaban J connectivity index is 1.36. The zero-order valence-corrected chi connectivity index (χ0v) is 17.1. The summed E-state index contributed by atoms with van der Waals surface area (Å²) in [6.07, 6.45) is 12.2. The van der Waals surface area contributed by atoms with Crippen molar-refractivity contribution in [3.8, 4) is 11.5 Å². The van der Waals surface area contributed by atoms with E-state index in [0.717, 1.165) is 42.1 Å². The second kappa shape index (κ2) is 7.63. The third-order valence-electron chi connectivity index (χ3n) is 6.33. The number of amides is 1. The number of carbonyl (C=O) groups excluding carboxylic acids is 1. The van der Waals surface area contributed by atoms with Gasteiger partial charge in [-0.25, -0.2) is 0 Å². The Morgan fingerprint density at radius 1 is 1.17 bits per heavy atom. The van der Waals surface area contributed by atoms with Crippen LogP contribution >= 0.6 is 0 Å². The summed E-state index contributed by atoms with van der Waals surface area (Å²) in [6.45, 7) is 3.34. The molecule has 0 bridgehead atoms. The zero-order chi connectivity index (χ0) is 20.6. The maximum atomic E-state index is 13.0. The third kappa shape index (κ3) is 3.72. The number of rotatable bonds is 5. The Morgan fingerprint density at radius 2 is 1.93 bits per heavy atom. The predicted octanol–water partition coefficient (Wildman–Crippen LogP) is 3.81. The number of nitrogens with zero attached hydrogens (tertiary/aromatic N) is 5. The quantitative estimate of drug-likeness (QED) is 0.644. The summed E-state index contributed by atoms with van der Waals surface area (Å²) in [6, 6.07) is 5.66. The maximum Gasteiger partial charge on any atom is 0.258 e. The van der Waals surface area contributed by atoms with Crippen molar-refractivity contribution >= 4 is 5.91 Å². The van der Waals surface area contributed by atoms with E-state index in [1.165, 1.54) is 12.8 Å². The smallest absolute Gasteiger partial charge is 0.258 e. The predicted molar refractivity (Wildman–Crippen MR) is 111 cm³/mol. The first-order valence-corrected chi connectivity index (χ1v) is 10.6. The molecule has 154 valence electrons. The van der Waals surface area contributed by atoms with Gasteiger partial charge >= 0.3 is 0 Å². The molecule has 0 atom stereocenters. The summed E-state index contributed by atoms with van der Waals surface area (Å²) in [5.74, 6) is 2.10. The molecule has 2 fully saturated rings. The average Bonchev–Trinajstić information content (AvgIpc) is 3.44. The number of hydrogen-bond acceptors (Lipinski definition) is 6. The van der Waals surface area contributed by atoms with Crippen LogP contribution in [0.5, 0.6) is 0 Å². The van der Waals surface area contributed by atoms with E-state index < -0.39 is 0 Å². The molecule has 3 aromatic heterocycles. The Kier molecular flexibility index (Phi) is 4.81. The Hall–Kier alpha value is -3.09. The van der Waals surface area contributed by atoms with Gasteiger partial charge in [0.25, 0.3) is 11.8 Å². The van der Waals surface area contributed by atoms with Crippen molar-refractivity contribution in [2.75, 3.05) is 13.1 Å². The second-order valence-corrected chi connectivity index (χ2v) is 8.63. The largest absolute Gasteiger partial charge is 0.339 e. The highest BCUT2D eigenvalue weighted by Gasteiger charge is 2.44. The molecule has 4 heterocycles. The summed E-state index contributed by atoms with van der Waals surface area (Å²) < 4.78 is 5.61. The highest BCUT2D eigenvalue weighted by atomic mass is 16.5. The van der Waals surface area contributed by atoms with E-state index in [1.807, 2.05) is 30.0 Å². The fourth-order valence-electron chi connectivity index (χ4n) is 4.44. The van der Waals surface area contributed by atoms with E-state index in [1.54, 1.807) is 24.8 Å². The van der Waals surface area contributed by atoms with Crippen LogP contribution in [0.1, 0.15) is 53.8 Å². The van der Waals surface area contributed by atoms with E-state index in [-0.39, 0.29) is 11.3 Å². The van der Waals surface area contributed by atoms with Crippen LogP contribution in [-0.2, 0) is 5.41 Å². The topological polar surface area (TPSA) is 85.0 Å². The second-order valence-electron chi connectivity index (χ2n) is 8.63. The van der Waals surface area contributed by atoms with Gasteiger partial charge in [0.1, 0.15) is 0 Å². The van der Waals surface area contributed by atoms with Crippen LogP contribution in [0.4, 0.5) is 0 Å². The lowest BCUT2D eigenvalue weighted by atomic mass is 9.73. The van der Waals surface area contributed by atoms with Crippen LogP contribution in [0.15, 0.2) is 47.5 Å². The number of aromatic nitrogens is 4. The van der Waals surface area contributed by atoms with Gasteiger partial charge < -0.3 is 9.42 Å². The van der Waals surface area contributed by atoms with Crippen molar-refractivity contribution in [1.29, 1.82) is 0 Å². The van der Waals surface area contributed by atoms with Crippen molar-refractivity contribution in [3.05, 3.63) is 59.9 Å². The van der Waals surface area contributed by atoms with Crippen molar-refractivity contribution in [1.82, 2.24) is 25.0 Å². The van der Waals surface area contributed by atoms with Crippen LogP contribution in [0.2, 0.25) is 0 Å². The Morgan fingerprint density at radius 3 is 2.63 bits per heavy atom. The summed E-state index contributed by atoms with van der Waals surface area (Å²) in [7, 11) is 0. The molecule has 0 unspecified atom stereocenters. The molecule has 1 aliphatic heterocycles. The minimum Gasteiger partial charge on any atom is -0.339 e. The van der Waals surface area contributed by atoms with Crippen molar-refractivity contribution in [3.63, 3.8) is 0 Å². The summed E-state index contributed by atoms with van der Waals surface area (Å²) in [4.78, 5) is 27.9. The zero-order valence-electron chi connectivity index (χ0n) is 17.1. The van der Waals surface area contributed by atoms with Crippen LogP contribution < -0.4 is 0 Å². The van der Waals surface area contributed by atoms with Gasteiger partial charge in [-0.05, 0) is 55.9 Å². The van der Waals surface area contributed by atoms with Crippen LogP contribution in [0, 0.1) is 12.8 Å². The molecule has 0 aromatic carbocycles. The van der Waals surface area contributed by atoms with Gasteiger partial charge in [-0.15, -0.1) is 0 Å². The van der Waals surface area contributed by atoms with Crippen molar-refractivity contribution in [2.24, 2.45) is 5.92 Å². The fraction of sp³-hybridized carbons (Fsp3) is 0.435. The molecule has 7 nitrogen and oxygen atoms in total. The third-order valence-corrected chi connectivity index (χ3v) is 6.33. The first-order valence-electron chi connectivity index (χ1n) is 10.6. The van der Waals surface area contributed by atoms with Gasteiger partial charge in [0.15, 0.2) is 5.82 Å². The number of hydrogen-bond donors (Lipinski definition) is 0. The van der Waals surface area contributed by atoms with Gasteiger partial charge in [0.05, 0.1) is 5.56 Å². The Bertz CT molecular complexity index is 1040. The number of piperidine rings is 1. The molecule has 3 aromatic rings. The van der Waals surface area contributed by atoms with E-state index in [9.17, 15) is 4.79 Å². The van der Waals surface area contributed by atoms with E-state index >= 15 is 0 Å². The average molecular weight is 403 g/mol. The lowest BCUT2D eigenvalue weighted by molar-refractivity contribution is 0.0645. The van der Waals surface area contributed by atoms with E-state index in [2.05, 4.69) is 15.1 Å². The summed E-state index contributed by atoms with van der Waals surface area (Å²) in [5, 5.41) is 4.39. The molecule has 1 saturated carbocycles. The molecular formula is C23H25N5O2. The minimum absolute atomic E-state index is 0.0526. The van der Waals surface area contributed by atoms with E-state index in [0.29, 0.717) is 24.5 Å². The van der Waals surface area contributed by atoms with Crippen molar-refractivity contribution in [2.45, 2.75) is 44.4 Å². The standard InChI is InChI=1S/C23H25N5O2/c1-16-12-19(15-25-14-16)21(29)28-10-6-23(7-11-28,13-17-2-3-17)22-26-20(30-27-22)18-4-8-24-9-5-18/h4-5,8-9,12,14-15,17H,2-3,6-7,10-11,13H2,1H3. The van der Waals surface area contributed by atoms with Gasteiger partial charge in [0, 0.05) is 48.9 Å². The number of likely N-dealkylation sites (tertiary alicyclic amines) is 1. The molecular weight excluding hydrogens is 378 g/mol. The lowest BCUT2D eigenvalue weighted by Gasteiger charge is -2.40. The first-order chi connectivity index (χ1) is 14.6. The minimum atomic E-state index is -0.127. The van der Waals surface area contributed by atoms with Gasteiger partial charge in [-0.3, -0.25) is 14.8 Å². The molecule has 1 saturated heterocycles. The van der Waals surface area contributed by atoms with Gasteiger partial charge in [-0.1, -0.05) is 18.0 Å². The fourth-order valence-corrected chi connectivity index (χ4v) is 4.44. The summed E-state index contributed by atoms with van der Waals surface area (Å²) in [5.41, 5.74) is 2.41. The summed E-state index contributed by atoms with van der Waals surface area (Å²) >= 11 is 0. The van der Waals surface area contributed by atoms with Crippen LogP contribution in [0.3, 0.4) is 0 Å². The normalized spacial score (nSPS) is 18.4. The Labute approximate surface area is 175 Å². The maximum absolute atomic E-state index is 13.0. The number of pyridine rings is 2. The number of carbonyl (C=O) groups is 1. The molecule has 7 heteroatoms. The first kappa shape index (κ1) is 18.9. The highest BCUT2D eigenvalue weighted by Crippen LogP contribution is 2.47. The SMILES string of the molecule is Cc1cncc(C(=O)N2CCC(CC3CC3)(c3noc(-c4ccncc4)n3)CC2)c1. The molecule has 1 amide bonds. The highest BCUT2D eigenvalue weighted by molar-refractivity contribution is 5.94.